The molecule has 0 aliphatic heterocycles. The van der Waals surface area contributed by atoms with Crippen molar-refractivity contribution < 1.29 is 19.1 Å². The summed E-state index contributed by atoms with van der Waals surface area (Å²) >= 11 is 12.1. The first-order chi connectivity index (χ1) is 15.9. The number of halogens is 2. The number of nitrogens with zero attached hydrogens (tertiary/aromatic N) is 1. The second-order valence-electron chi connectivity index (χ2n) is 6.84. The number of ether oxygens (including phenoxy) is 2. The van der Waals surface area contributed by atoms with Crippen molar-refractivity contribution in [2.75, 3.05) is 12.4 Å². The summed E-state index contributed by atoms with van der Waals surface area (Å²) in [6.45, 7) is 2.05. The first-order valence-corrected chi connectivity index (χ1v) is 10.6. The highest BCUT2D eigenvalue weighted by molar-refractivity contribution is 6.40. The Balaban J connectivity index is 1.56. The smallest absolute Gasteiger partial charge is 0.329 e. The van der Waals surface area contributed by atoms with Crippen molar-refractivity contribution in [3.8, 4) is 11.5 Å². The molecule has 0 unspecified atom stereocenters. The minimum Gasteiger partial charge on any atom is -0.495 e. The first-order valence-electron chi connectivity index (χ1n) is 9.83. The highest BCUT2D eigenvalue weighted by Crippen LogP contribution is 2.27. The summed E-state index contributed by atoms with van der Waals surface area (Å²) in [6, 6.07) is 19.3. The normalized spacial score (nSPS) is 11.0. The predicted molar refractivity (Wildman–Crippen MR) is 129 cm³/mol. The van der Waals surface area contributed by atoms with E-state index in [9.17, 15) is 9.59 Å². The molecule has 9 heteroatoms. The average Bonchev–Trinajstić information content (AvgIpc) is 2.82. The number of methoxy groups -OCH3 is 1. The van der Waals surface area contributed by atoms with Crippen molar-refractivity contribution in [2.45, 2.75) is 13.5 Å². The monoisotopic (exact) mass is 485 g/mol. The van der Waals surface area contributed by atoms with Gasteiger partial charge in [-0.05, 0) is 61.0 Å². The van der Waals surface area contributed by atoms with Gasteiger partial charge in [-0.3, -0.25) is 9.59 Å². The molecule has 3 aromatic rings. The van der Waals surface area contributed by atoms with E-state index in [-0.39, 0.29) is 5.69 Å². The van der Waals surface area contributed by atoms with Crippen LogP contribution >= 0.6 is 23.2 Å². The third-order valence-corrected chi connectivity index (χ3v) is 5.17. The topological polar surface area (TPSA) is 89.0 Å². The number of hydrogen-bond acceptors (Lipinski definition) is 5. The molecule has 170 valence electrons. The van der Waals surface area contributed by atoms with E-state index in [0.29, 0.717) is 33.9 Å². The second kappa shape index (κ2) is 11.4. The van der Waals surface area contributed by atoms with Gasteiger partial charge in [-0.25, -0.2) is 5.43 Å². The first kappa shape index (κ1) is 24.1. The van der Waals surface area contributed by atoms with E-state index < -0.39 is 11.8 Å². The molecule has 0 bridgehead atoms. The summed E-state index contributed by atoms with van der Waals surface area (Å²) < 4.78 is 10.9. The number of rotatable bonds is 7. The lowest BCUT2D eigenvalue weighted by Gasteiger charge is -2.10. The minimum atomic E-state index is -0.934. The highest BCUT2D eigenvalue weighted by atomic mass is 35.5. The number of hydrogen-bond donors (Lipinski definition) is 2. The minimum absolute atomic E-state index is 0.276. The lowest BCUT2D eigenvalue weighted by atomic mass is 10.1. The summed E-state index contributed by atoms with van der Waals surface area (Å²) in [7, 11) is 1.44. The van der Waals surface area contributed by atoms with Gasteiger partial charge in [0.05, 0.1) is 18.5 Å². The molecular weight excluding hydrogens is 465 g/mol. The quantitative estimate of drug-likeness (QED) is 0.278. The van der Waals surface area contributed by atoms with Crippen LogP contribution in [0.5, 0.6) is 11.5 Å². The fourth-order valence-electron chi connectivity index (χ4n) is 2.78. The zero-order chi connectivity index (χ0) is 23.8. The number of amides is 2. The largest absolute Gasteiger partial charge is 0.495 e. The number of carbonyl (C=O) groups excluding carboxylic acids is 2. The Hall–Kier alpha value is -3.55. The van der Waals surface area contributed by atoms with E-state index in [0.717, 1.165) is 11.1 Å². The van der Waals surface area contributed by atoms with E-state index in [1.807, 2.05) is 24.3 Å². The fraction of sp³-hybridized carbons (Fsp3) is 0.125. The van der Waals surface area contributed by atoms with Gasteiger partial charge in [-0.15, -0.1) is 0 Å². The van der Waals surface area contributed by atoms with Crippen LogP contribution in [0, 0.1) is 0 Å². The lowest BCUT2D eigenvalue weighted by molar-refractivity contribution is -0.136. The molecule has 2 amide bonds. The second-order valence-corrected chi connectivity index (χ2v) is 7.68. The van der Waals surface area contributed by atoms with E-state index in [4.69, 9.17) is 32.7 Å². The van der Waals surface area contributed by atoms with Crippen molar-refractivity contribution in [3.63, 3.8) is 0 Å². The molecule has 2 N–H and O–H groups in total. The maximum Gasteiger partial charge on any atom is 0.329 e. The van der Waals surface area contributed by atoms with Crippen LogP contribution in [0.25, 0.3) is 0 Å². The zero-order valence-electron chi connectivity index (χ0n) is 17.9. The zero-order valence-corrected chi connectivity index (χ0v) is 19.4. The van der Waals surface area contributed by atoms with Crippen molar-refractivity contribution >= 4 is 46.4 Å². The molecular formula is C24H21Cl2N3O4. The molecule has 0 aromatic heterocycles. The van der Waals surface area contributed by atoms with Crippen LogP contribution in [-0.4, -0.2) is 24.6 Å². The lowest BCUT2D eigenvalue weighted by Crippen LogP contribution is -2.33. The van der Waals surface area contributed by atoms with Crippen molar-refractivity contribution in [3.05, 3.63) is 87.9 Å². The van der Waals surface area contributed by atoms with Gasteiger partial charge in [0, 0.05) is 15.6 Å². The Morgan fingerprint density at radius 3 is 2.39 bits per heavy atom. The molecule has 0 aliphatic carbocycles. The van der Waals surface area contributed by atoms with Crippen LogP contribution in [0.4, 0.5) is 5.69 Å². The predicted octanol–water partition coefficient (Wildman–Crippen LogP) is 5.06. The van der Waals surface area contributed by atoms with Gasteiger partial charge in [-0.2, -0.15) is 5.10 Å². The highest BCUT2D eigenvalue weighted by Gasteiger charge is 2.16. The van der Waals surface area contributed by atoms with Crippen LogP contribution in [-0.2, 0) is 16.2 Å². The van der Waals surface area contributed by atoms with E-state index in [1.165, 1.54) is 13.2 Å². The van der Waals surface area contributed by atoms with Gasteiger partial charge in [-0.1, -0.05) is 41.4 Å². The summed E-state index contributed by atoms with van der Waals surface area (Å²) in [5, 5.41) is 7.47. The maximum atomic E-state index is 12.2. The Kier molecular flexibility index (Phi) is 8.29. The molecule has 3 aromatic carbocycles. The van der Waals surface area contributed by atoms with E-state index >= 15 is 0 Å². The molecule has 0 radical (unpaired) electrons. The van der Waals surface area contributed by atoms with Gasteiger partial charge in [0.2, 0.25) is 0 Å². The number of benzene rings is 3. The van der Waals surface area contributed by atoms with Crippen LogP contribution in [0.1, 0.15) is 18.1 Å². The van der Waals surface area contributed by atoms with Crippen molar-refractivity contribution in [2.24, 2.45) is 5.10 Å². The van der Waals surface area contributed by atoms with Gasteiger partial charge in [0.15, 0.2) is 0 Å². The fourth-order valence-corrected chi connectivity index (χ4v) is 3.14. The third kappa shape index (κ3) is 6.71. The molecule has 7 nitrogen and oxygen atoms in total. The SMILES string of the molecule is COc1ccc(Cl)cc1NC(=O)C(=O)N/N=C(\C)c1ccc(OCc2ccccc2Cl)cc1. The summed E-state index contributed by atoms with van der Waals surface area (Å²) in [5.41, 5.74) is 4.66. The molecule has 0 atom stereocenters. The van der Waals surface area contributed by atoms with Crippen LogP contribution in [0.15, 0.2) is 71.8 Å². The Labute approximate surface area is 201 Å². The summed E-state index contributed by atoms with van der Waals surface area (Å²) in [5.74, 6) is -0.811. The maximum absolute atomic E-state index is 12.2. The van der Waals surface area contributed by atoms with Crippen LogP contribution in [0.2, 0.25) is 10.0 Å². The molecule has 0 saturated carbocycles. The molecule has 0 heterocycles. The number of nitrogens with one attached hydrogen (secondary N) is 2. The number of hydrazone groups is 1. The molecule has 0 saturated heterocycles. The molecule has 3 rings (SSSR count). The van der Waals surface area contributed by atoms with E-state index in [2.05, 4.69) is 15.8 Å². The summed E-state index contributed by atoms with van der Waals surface area (Å²) in [6.07, 6.45) is 0. The number of anilines is 1. The van der Waals surface area contributed by atoms with Gasteiger partial charge >= 0.3 is 11.8 Å². The average molecular weight is 486 g/mol. The standard InChI is InChI=1S/C24H21Cl2N3O4/c1-15(16-7-10-19(11-8-16)33-14-17-5-3-4-6-20(17)26)28-29-24(31)23(30)27-21-13-18(25)9-12-22(21)32-2/h3-13H,14H2,1-2H3,(H,27,30)(H,29,31)/b28-15+. The molecule has 33 heavy (non-hydrogen) atoms. The Morgan fingerprint density at radius 1 is 0.970 bits per heavy atom. The molecule has 0 aliphatic rings. The van der Waals surface area contributed by atoms with Crippen molar-refractivity contribution in [1.82, 2.24) is 5.43 Å². The molecule has 0 fully saturated rings. The third-order valence-electron chi connectivity index (χ3n) is 4.57. The van der Waals surface area contributed by atoms with Gasteiger partial charge < -0.3 is 14.8 Å². The van der Waals surface area contributed by atoms with Gasteiger partial charge in [0.25, 0.3) is 0 Å². The Bertz CT molecular complexity index is 1180. The van der Waals surface area contributed by atoms with Crippen molar-refractivity contribution in [1.29, 1.82) is 0 Å². The molecule has 0 spiro atoms. The number of carbonyl (C=O) groups is 2. The van der Waals surface area contributed by atoms with Crippen LogP contribution < -0.4 is 20.2 Å². The Morgan fingerprint density at radius 2 is 1.70 bits per heavy atom. The van der Waals surface area contributed by atoms with E-state index in [1.54, 1.807) is 43.3 Å². The summed E-state index contributed by atoms with van der Waals surface area (Å²) in [4.78, 5) is 24.3. The van der Waals surface area contributed by atoms with Gasteiger partial charge in [0.1, 0.15) is 18.1 Å². The van der Waals surface area contributed by atoms with Crippen LogP contribution in [0.3, 0.4) is 0 Å².